The molecule has 1 aliphatic heterocycles. The highest BCUT2D eigenvalue weighted by molar-refractivity contribution is 9.09. The first-order valence-electron chi connectivity index (χ1n) is 5.95. The van der Waals surface area contributed by atoms with E-state index in [1.807, 2.05) is 0 Å². The van der Waals surface area contributed by atoms with Crippen LogP contribution in [0.1, 0.15) is 23.1 Å². The third kappa shape index (κ3) is 2.86. The van der Waals surface area contributed by atoms with Crippen LogP contribution in [-0.4, -0.2) is 18.0 Å². The lowest BCUT2D eigenvalue weighted by molar-refractivity contribution is 0.0605. The smallest absolute Gasteiger partial charge is 0.0508 e. The average molecular weight is 283 g/mol. The summed E-state index contributed by atoms with van der Waals surface area (Å²) in [5.41, 5.74) is 4.22. The van der Waals surface area contributed by atoms with Crippen molar-refractivity contribution in [2.45, 2.75) is 31.5 Å². The Kier molecular flexibility index (Phi) is 4.04. The minimum absolute atomic E-state index is 0.612. The van der Waals surface area contributed by atoms with Crippen LogP contribution in [-0.2, 0) is 11.2 Å². The van der Waals surface area contributed by atoms with Gasteiger partial charge in [0.2, 0.25) is 0 Å². The zero-order valence-corrected chi connectivity index (χ0v) is 11.6. The van der Waals surface area contributed by atoms with Crippen LogP contribution in [0.4, 0.5) is 0 Å². The SMILES string of the molecule is Cc1ccc(C)c(CC2COCCC2Br)c1. The van der Waals surface area contributed by atoms with Crippen molar-refractivity contribution in [2.24, 2.45) is 5.92 Å². The summed E-state index contributed by atoms with van der Waals surface area (Å²) in [7, 11) is 0. The molecular formula is C14H19BrO. The minimum Gasteiger partial charge on any atom is -0.381 e. The second kappa shape index (κ2) is 5.33. The first kappa shape index (κ1) is 12.1. The van der Waals surface area contributed by atoms with Gasteiger partial charge in [-0.15, -0.1) is 0 Å². The monoisotopic (exact) mass is 282 g/mol. The van der Waals surface area contributed by atoms with Gasteiger partial charge in [-0.1, -0.05) is 39.7 Å². The number of hydrogen-bond donors (Lipinski definition) is 0. The fourth-order valence-corrected chi connectivity index (χ4v) is 2.79. The molecule has 0 spiro atoms. The van der Waals surface area contributed by atoms with E-state index in [1.54, 1.807) is 0 Å². The summed E-state index contributed by atoms with van der Waals surface area (Å²) < 4.78 is 5.56. The number of rotatable bonds is 2. The van der Waals surface area contributed by atoms with Crippen molar-refractivity contribution in [1.29, 1.82) is 0 Å². The molecule has 88 valence electrons. The Balaban J connectivity index is 2.10. The van der Waals surface area contributed by atoms with E-state index < -0.39 is 0 Å². The van der Waals surface area contributed by atoms with Crippen LogP contribution in [0.2, 0.25) is 0 Å². The summed E-state index contributed by atoms with van der Waals surface area (Å²) in [6.07, 6.45) is 2.26. The lowest BCUT2D eigenvalue weighted by Crippen LogP contribution is -2.29. The molecule has 0 N–H and O–H groups in total. The molecule has 0 aliphatic carbocycles. The molecule has 0 bridgehead atoms. The summed E-state index contributed by atoms with van der Waals surface area (Å²) >= 11 is 3.78. The van der Waals surface area contributed by atoms with E-state index >= 15 is 0 Å². The van der Waals surface area contributed by atoms with E-state index in [0.717, 1.165) is 26.1 Å². The van der Waals surface area contributed by atoms with Crippen LogP contribution in [0.15, 0.2) is 18.2 Å². The molecule has 2 rings (SSSR count). The van der Waals surface area contributed by atoms with Crippen molar-refractivity contribution in [2.75, 3.05) is 13.2 Å². The molecule has 16 heavy (non-hydrogen) atoms. The lowest BCUT2D eigenvalue weighted by atomic mass is 9.91. The van der Waals surface area contributed by atoms with Gasteiger partial charge < -0.3 is 4.74 Å². The molecule has 0 radical (unpaired) electrons. The lowest BCUT2D eigenvalue weighted by Gasteiger charge is -2.28. The molecule has 1 nitrogen and oxygen atoms in total. The van der Waals surface area contributed by atoms with Crippen molar-refractivity contribution in [1.82, 2.24) is 0 Å². The third-order valence-electron chi connectivity index (χ3n) is 3.37. The molecule has 0 aromatic heterocycles. The molecule has 2 heteroatoms. The molecule has 1 saturated heterocycles. The number of alkyl halides is 1. The number of hydrogen-bond acceptors (Lipinski definition) is 1. The quantitative estimate of drug-likeness (QED) is 0.753. The standard InChI is InChI=1S/C14H19BrO/c1-10-3-4-11(2)12(7-10)8-13-9-16-6-5-14(13)15/h3-4,7,13-14H,5-6,8-9H2,1-2H3. The van der Waals surface area contributed by atoms with Crippen LogP contribution >= 0.6 is 15.9 Å². The largest absolute Gasteiger partial charge is 0.381 e. The third-order valence-corrected chi connectivity index (χ3v) is 4.57. The molecule has 1 aromatic carbocycles. The van der Waals surface area contributed by atoms with E-state index in [4.69, 9.17) is 4.74 Å². The van der Waals surface area contributed by atoms with Crippen LogP contribution in [0.25, 0.3) is 0 Å². The van der Waals surface area contributed by atoms with Gasteiger partial charge in [0.25, 0.3) is 0 Å². The molecule has 2 atom stereocenters. The maximum absolute atomic E-state index is 5.56. The minimum atomic E-state index is 0.612. The van der Waals surface area contributed by atoms with Crippen LogP contribution in [0.5, 0.6) is 0 Å². The molecule has 2 unspecified atom stereocenters. The van der Waals surface area contributed by atoms with Crippen molar-refractivity contribution < 1.29 is 4.74 Å². The van der Waals surface area contributed by atoms with Crippen LogP contribution in [0, 0.1) is 19.8 Å². The van der Waals surface area contributed by atoms with E-state index in [1.165, 1.54) is 16.7 Å². The van der Waals surface area contributed by atoms with Gasteiger partial charge in [0.15, 0.2) is 0 Å². The Morgan fingerprint density at radius 2 is 2.19 bits per heavy atom. The number of benzene rings is 1. The van der Waals surface area contributed by atoms with Gasteiger partial charge >= 0.3 is 0 Å². The van der Waals surface area contributed by atoms with E-state index in [-0.39, 0.29) is 0 Å². The highest BCUT2D eigenvalue weighted by atomic mass is 79.9. The second-order valence-corrected chi connectivity index (χ2v) is 5.95. The topological polar surface area (TPSA) is 9.23 Å². The van der Waals surface area contributed by atoms with Gasteiger partial charge in [-0.3, -0.25) is 0 Å². The van der Waals surface area contributed by atoms with Gasteiger partial charge in [0.05, 0.1) is 6.61 Å². The van der Waals surface area contributed by atoms with Gasteiger partial charge in [-0.25, -0.2) is 0 Å². The molecule has 0 saturated carbocycles. The predicted molar refractivity (Wildman–Crippen MR) is 71.3 cm³/mol. The molecule has 0 amide bonds. The van der Waals surface area contributed by atoms with E-state index in [0.29, 0.717) is 10.7 Å². The van der Waals surface area contributed by atoms with E-state index in [9.17, 15) is 0 Å². The second-order valence-electron chi connectivity index (χ2n) is 4.77. The van der Waals surface area contributed by atoms with Crippen molar-refractivity contribution in [3.63, 3.8) is 0 Å². The fourth-order valence-electron chi connectivity index (χ4n) is 2.26. The highest BCUT2D eigenvalue weighted by Crippen LogP contribution is 2.26. The summed E-state index contributed by atoms with van der Waals surface area (Å²) in [6, 6.07) is 6.71. The first-order chi connectivity index (χ1) is 7.66. The number of ether oxygens (including phenoxy) is 1. The highest BCUT2D eigenvalue weighted by Gasteiger charge is 2.23. The Morgan fingerprint density at radius 3 is 2.94 bits per heavy atom. The van der Waals surface area contributed by atoms with Gasteiger partial charge in [0.1, 0.15) is 0 Å². The average Bonchev–Trinajstić information content (AvgIpc) is 2.27. The summed E-state index contributed by atoms with van der Waals surface area (Å²) in [5.74, 6) is 0.620. The van der Waals surface area contributed by atoms with Gasteiger partial charge in [-0.2, -0.15) is 0 Å². The molecule has 1 aromatic rings. The fraction of sp³-hybridized carbons (Fsp3) is 0.571. The summed E-state index contributed by atoms with van der Waals surface area (Å²) in [5, 5.41) is 0. The van der Waals surface area contributed by atoms with E-state index in [2.05, 4.69) is 48.0 Å². The molecular weight excluding hydrogens is 264 g/mol. The van der Waals surface area contributed by atoms with Crippen molar-refractivity contribution in [3.05, 3.63) is 34.9 Å². The maximum Gasteiger partial charge on any atom is 0.0508 e. The van der Waals surface area contributed by atoms with Gasteiger partial charge in [0, 0.05) is 11.4 Å². The summed E-state index contributed by atoms with van der Waals surface area (Å²) in [6.45, 7) is 6.15. The Morgan fingerprint density at radius 1 is 1.38 bits per heavy atom. The predicted octanol–water partition coefficient (Wildman–Crippen LogP) is 3.65. The number of aryl methyl sites for hydroxylation is 2. The molecule has 1 heterocycles. The zero-order chi connectivity index (χ0) is 11.5. The van der Waals surface area contributed by atoms with Gasteiger partial charge in [-0.05, 0) is 43.7 Å². The Hall–Kier alpha value is -0.340. The Bertz CT molecular complexity index is 362. The number of halogens is 1. The van der Waals surface area contributed by atoms with Crippen LogP contribution in [0.3, 0.4) is 0 Å². The zero-order valence-electron chi connectivity index (χ0n) is 10.0. The van der Waals surface area contributed by atoms with Crippen LogP contribution < -0.4 is 0 Å². The maximum atomic E-state index is 5.56. The first-order valence-corrected chi connectivity index (χ1v) is 6.86. The summed E-state index contributed by atoms with van der Waals surface area (Å²) in [4.78, 5) is 0.612. The normalized spacial score (nSPS) is 25.7. The molecule has 1 aliphatic rings. The molecule has 1 fully saturated rings. The van der Waals surface area contributed by atoms with Crippen molar-refractivity contribution >= 4 is 15.9 Å². The van der Waals surface area contributed by atoms with Crippen molar-refractivity contribution in [3.8, 4) is 0 Å². The Labute approximate surface area is 106 Å².